The first-order valence-electron chi connectivity index (χ1n) is 5.37. The highest BCUT2D eigenvalue weighted by Gasteiger charge is 2.13. The van der Waals surface area contributed by atoms with Gasteiger partial charge < -0.3 is 5.32 Å². The monoisotopic (exact) mass is 219 g/mol. The molecule has 0 aliphatic carbocycles. The highest BCUT2D eigenvalue weighted by Crippen LogP contribution is 2.17. The number of nitrogens with one attached hydrogen (secondary N) is 1. The summed E-state index contributed by atoms with van der Waals surface area (Å²) in [5.74, 6) is -0.0544. The molecule has 1 amide bonds. The van der Waals surface area contributed by atoms with Crippen molar-refractivity contribution in [2.75, 3.05) is 6.54 Å². The van der Waals surface area contributed by atoms with Crippen molar-refractivity contribution in [1.82, 2.24) is 5.32 Å². The molecule has 0 saturated heterocycles. The number of Topliss-reactive ketones (excluding diaryl/α,β-unsaturated/α-hetero) is 1. The summed E-state index contributed by atoms with van der Waals surface area (Å²) in [6.45, 7) is 7.71. The molecule has 16 heavy (non-hydrogen) atoms. The maximum atomic E-state index is 11.8. The molecule has 3 nitrogen and oxygen atoms in total. The van der Waals surface area contributed by atoms with E-state index in [1.165, 1.54) is 6.92 Å². The Hall–Kier alpha value is -1.64. The molecule has 1 aromatic rings. The van der Waals surface area contributed by atoms with Crippen molar-refractivity contribution in [2.45, 2.75) is 27.7 Å². The number of carbonyl (C=O) groups excluding carboxylic acids is 2. The summed E-state index contributed by atoms with van der Waals surface area (Å²) in [6.07, 6.45) is 0. The first-order chi connectivity index (χ1) is 7.47. The Kier molecular flexibility index (Phi) is 3.82. The van der Waals surface area contributed by atoms with Gasteiger partial charge in [0.05, 0.1) is 0 Å². The van der Waals surface area contributed by atoms with Crippen LogP contribution in [0, 0.1) is 13.8 Å². The quantitative estimate of drug-likeness (QED) is 0.792. The molecule has 1 N–H and O–H groups in total. The summed E-state index contributed by atoms with van der Waals surface area (Å²) < 4.78 is 0. The van der Waals surface area contributed by atoms with E-state index < -0.39 is 0 Å². The topological polar surface area (TPSA) is 46.2 Å². The normalized spacial score (nSPS) is 10.0. The molecule has 0 spiro atoms. The maximum absolute atomic E-state index is 11.8. The van der Waals surface area contributed by atoms with Gasteiger partial charge in [-0.05, 0) is 51.0 Å². The van der Waals surface area contributed by atoms with Gasteiger partial charge in [0, 0.05) is 17.7 Å². The average Bonchev–Trinajstić information content (AvgIpc) is 2.16. The van der Waals surface area contributed by atoms with Crippen LogP contribution in [0.1, 0.15) is 45.7 Å². The number of rotatable bonds is 3. The molecule has 0 aliphatic rings. The molecule has 1 aromatic carbocycles. The lowest BCUT2D eigenvalue weighted by Gasteiger charge is -2.11. The van der Waals surface area contributed by atoms with Gasteiger partial charge in [-0.3, -0.25) is 9.59 Å². The Bertz CT molecular complexity index is 413. The largest absolute Gasteiger partial charge is 0.352 e. The van der Waals surface area contributed by atoms with E-state index in [1.54, 1.807) is 12.1 Å². The number of hydrogen-bond acceptors (Lipinski definition) is 2. The molecule has 0 unspecified atom stereocenters. The van der Waals surface area contributed by atoms with Crippen LogP contribution in [0.3, 0.4) is 0 Å². The second-order valence-electron chi connectivity index (χ2n) is 3.90. The van der Waals surface area contributed by atoms with Crippen molar-refractivity contribution in [1.29, 1.82) is 0 Å². The van der Waals surface area contributed by atoms with Crippen LogP contribution in [0.25, 0.3) is 0 Å². The van der Waals surface area contributed by atoms with Gasteiger partial charge in [-0.2, -0.15) is 0 Å². The predicted octanol–water partition coefficient (Wildman–Crippen LogP) is 2.26. The van der Waals surface area contributed by atoms with Crippen LogP contribution < -0.4 is 5.32 Å². The number of benzene rings is 1. The van der Waals surface area contributed by atoms with E-state index in [0.717, 1.165) is 11.1 Å². The third-order valence-corrected chi connectivity index (χ3v) is 2.50. The smallest absolute Gasteiger partial charge is 0.251 e. The second kappa shape index (κ2) is 4.92. The summed E-state index contributed by atoms with van der Waals surface area (Å²) in [5, 5.41) is 2.77. The molecule has 0 radical (unpaired) electrons. The zero-order valence-electron chi connectivity index (χ0n) is 10.2. The Morgan fingerprint density at radius 1 is 1.19 bits per heavy atom. The van der Waals surface area contributed by atoms with E-state index in [0.29, 0.717) is 17.7 Å². The van der Waals surface area contributed by atoms with Crippen molar-refractivity contribution in [2.24, 2.45) is 0 Å². The van der Waals surface area contributed by atoms with Crippen molar-refractivity contribution in [3.63, 3.8) is 0 Å². The minimum Gasteiger partial charge on any atom is -0.352 e. The number of amides is 1. The maximum Gasteiger partial charge on any atom is 0.251 e. The standard InChI is InChI=1S/C13H17NO2/c1-5-14-13(16)12-8(2)6-11(10(4)15)7-9(12)3/h6-7H,5H2,1-4H3,(H,14,16). The van der Waals surface area contributed by atoms with Gasteiger partial charge in [0.2, 0.25) is 0 Å². The van der Waals surface area contributed by atoms with Gasteiger partial charge in [0.15, 0.2) is 5.78 Å². The van der Waals surface area contributed by atoms with Crippen LogP contribution >= 0.6 is 0 Å². The van der Waals surface area contributed by atoms with Crippen molar-refractivity contribution in [3.05, 3.63) is 34.4 Å². The van der Waals surface area contributed by atoms with Gasteiger partial charge >= 0.3 is 0 Å². The molecule has 0 heterocycles. The van der Waals surface area contributed by atoms with Crippen LogP contribution in [0.5, 0.6) is 0 Å². The highest BCUT2D eigenvalue weighted by molar-refractivity contribution is 6.00. The summed E-state index contributed by atoms with van der Waals surface area (Å²) in [4.78, 5) is 23.0. The van der Waals surface area contributed by atoms with E-state index in [-0.39, 0.29) is 11.7 Å². The van der Waals surface area contributed by atoms with Gasteiger partial charge in [-0.25, -0.2) is 0 Å². The Balaban J connectivity index is 3.22. The summed E-state index contributed by atoms with van der Waals surface area (Å²) in [7, 11) is 0. The average molecular weight is 219 g/mol. The molecule has 1 rings (SSSR count). The number of carbonyl (C=O) groups is 2. The van der Waals surface area contributed by atoms with E-state index in [9.17, 15) is 9.59 Å². The van der Waals surface area contributed by atoms with E-state index in [1.807, 2.05) is 20.8 Å². The molecular weight excluding hydrogens is 202 g/mol. The zero-order chi connectivity index (χ0) is 12.3. The third kappa shape index (κ3) is 2.48. The van der Waals surface area contributed by atoms with Crippen LogP contribution in [0.15, 0.2) is 12.1 Å². The Labute approximate surface area is 95.9 Å². The SMILES string of the molecule is CCNC(=O)c1c(C)cc(C(C)=O)cc1C. The van der Waals surface area contributed by atoms with Gasteiger partial charge in [-0.15, -0.1) is 0 Å². The molecule has 86 valence electrons. The summed E-state index contributed by atoms with van der Waals surface area (Å²) in [5.41, 5.74) is 3.02. The number of ketones is 1. The van der Waals surface area contributed by atoms with Gasteiger partial charge in [0.25, 0.3) is 5.91 Å². The van der Waals surface area contributed by atoms with E-state index >= 15 is 0 Å². The molecule has 0 fully saturated rings. The van der Waals surface area contributed by atoms with Crippen molar-refractivity contribution >= 4 is 11.7 Å². The fourth-order valence-electron chi connectivity index (χ4n) is 1.77. The molecule has 0 saturated carbocycles. The molecule has 0 aliphatic heterocycles. The van der Waals surface area contributed by atoms with Crippen LogP contribution in [-0.4, -0.2) is 18.2 Å². The second-order valence-corrected chi connectivity index (χ2v) is 3.90. The summed E-state index contributed by atoms with van der Waals surface area (Å²) in [6, 6.07) is 3.53. The van der Waals surface area contributed by atoms with Crippen LogP contribution in [-0.2, 0) is 0 Å². The van der Waals surface area contributed by atoms with Crippen LogP contribution in [0.4, 0.5) is 0 Å². The third-order valence-electron chi connectivity index (χ3n) is 2.50. The van der Waals surface area contributed by atoms with E-state index in [2.05, 4.69) is 5.32 Å². The summed E-state index contributed by atoms with van der Waals surface area (Å²) >= 11 is 0. The Morgan fingerprint density at radius 2 is 1.69 bits per heavy atom. The lowest BCUT2D eigenvalue weighted by Crippen LogP contribution is -2.24. The molecule has 0 aromatic heterocycles. The number of hydrogen-bond donors (Lipinski definition) is 1. The lowest BCUT2D eigenvalue weighted by atomic mass is 9.97. The number of aryl methyl sites for hydroxylation is 2. The predicted molar refractivity (Wildman–Crippen MR) is 63.9 cm³/mol. The van der Waals surface area contributed by atoms with Crippen molar-refractivity contribution < 1.29 is 9.59 Å². The van der Waals surface area contributed by atoms with Crippen molar-refractivity contribution in [3.8, 4) is 0 Å². The fourth-order valence-corrected chi connectivity index (χ4v) is 1.77. The minimum absolute atomic E-state index is 0.0219. The molecule has 0 atom stereocenters. The van der Waals surface area contributed by atoms with Crippen LogP contribution in [0.2, 0.25) is 0 Å². The Morgan fingerprint density at radius 3 is 2.06 bits per heavy atom. The minimum atomic E-state index is -0.0763. The zero-order valence-corrected chi connectivity index (χ0v) is 10.2. The van der Waals surface area contributed by atoms with Gasteiger partial charge in [0.1, 0.15) is 0 Å². The molecule has 3 heteroatoms. The van der Waals surface area contributed by atoms with E-state index in [4.69, 9.17) is 0 Å². The first kappa shape index (κ1) is 12.4. The lowest BCUT2D eigenvalue weighted by molar-refractivity contribution is 0.0952. The highest BCUT2D eigenvalue weighted by atomic mass is 16.1. The first-order valence-corrected chi connectivity index (χ1v) is 5.37. The molecular formula is C13H17NO2. The molecule has 0 bridgehead atoms. The van der Waals surface area contributed by atoms with Gasteiger partial charge in [-0.1, -0.05) is 0 Å². The fraction of sp³-hybridized carbons (Fsp3) is 0.385.